The Morgan fingerprint density at radius 3 is 2.34 bits per heavy atom. The van der Waals surface area contributed by atoms with E-state index in [2.05, 4.69) is 5.32 Å². The minimum Gasteiger partial charge on any atom is -0.497 e. The maximum absolute atomic E-state index is 13.6. The zero-order chi connectivity index (χ0) is 22.7. The van der Waals surface area contributed by atoms with E-state index >= 15 is 0 Å². The van der Waals surface area contributed by atoms with E-state index in [0.717, 1.165) is 31.2 Å². The second-order valence-electron chi connectivity index (χ2n) is 9.16. The Morgan fingerprint density at radius 2 is 1.72 bits per heavy atom. The quantitative estimate of drug-likeness (QED) is 0.749. The molecule has 2 aromatic rings. The Labute approximate surface area is 189 Å². The summed E-state index contributed by atoms with van der Waals surface area (Å²) in [6.07, 6.45) is 4.26. The van der Waals surface area contributed by atoms with Crippen LogP contribution in [-0.4, -0.2) is 47.1 Å². The molecule has 4 rings (SSSR count). The van der Waals surface area contributed by atoms with Crippen LogP contribution in [0.25, 0.3) is 0 Å². The zero-order valence-electron chi connectivity index (χ0n) is 18.8. The fraction of sp³-hybridized carbons (Fsp3) is 0.462. The van der Waals surface area contributed by atoms with E-state index in [4.69, 9.17) is 4.74 Å². The van der Waals surface area contributed by atoms with E-state index in [1.54, 1.807) is 43.2 Å². The summed E-state index contributed by atoms with van der Waals surface area (Å²) in [5.74, 6) is 0.518. The Hall–Kier alpha value is -2.86. The molecule has 0 spiro atoms. The summed E-state index contributed by atoms with van der Waals surface area (Å²) < 4.78 is 5.22. The van der Waals surface area contributed by atoms with E-state index in [-0.39, 0.29) is 17.7 Å². The largest absolute Gasteiger partial charge is 0.497 e. The summed E-state index contributed by atoms with van der Waals surface area (Å²) in [7, 11) is 1.59. The van der Waals surface area contributed by atoms with Crippen molar-refractivity contribution >= 4 is 11.8 Å². The zero-order valence-corrected chi connectivity index (χ0v) is 18.8. The molecule has 1 saturated heterocycles. The van der Waals surface area contributed by atoms with Crippen molar-refractivity contribution in [2.45, 2.75) is 56.7 Å². The number of piperidine rings is 1. The van der Waals surface area contributed by atoms with E-state index in [1.165, 1.54) is 0 Å². The van der Waals surface area contributed by atoms with Crippen LogP contribution in [-0.2, 0) is 4.79 Å². The van der Waals surface area contributed by atoms with E-state index in [1.807, 2.05) is 30.3 Å². The number of carbonyl (C=O) groups is 2. The van der Waals surface area contributed by atoms with Gasteiger partial charge in [0, 0.05) is 18.0 Å². The van der Waals surface area contributed by atoms with Crippen molar-refractivity contribution in [3.8, 4) is 5.75 Å². The lowest BCUT2D eigenvalue weighted by atomic mass is 9.79. The molecule has 0 bridgehead atoms. The van der Waals surface area contributed by atoms with Crippen LogP contribution in [0, 0.1) is 5.92 Å². The Kier molecular flexibility index (Phi) is 6.51. The highest BCUT2D eigenvalue weighted by Crippen LogP contribution is 2.38. The molecule has 32 heavy (non-hydrogen) atoms. The summed E-state index contributed by atoms with van der Waals surface area (Å²) in [4.78, 5) is 28.4. The van der Waals surface area contributed by atoms with Crippen molar-refractivity contribution in [3.63, 3.8) is 0 Å². The molecule has 0 radical (unpaired) electrons. The number of ether oxygens (including phenoxy) is 1. The van der Waals surface area contributed by atoms with Crippen LogP contribution in [0.4, 0.5) is 0 Å². The lowest BCUT2D eigenvalue weighted by Crippen LogP contribution is -2.63. The SMILES string of the molecule is COc1ccc(C(=O)N2CC[C@@](C)(O)[C@@H](NC(=O)C3CCCC3)[C@@H]2c2ccccc2)cc1. The van der Waals surface area contributed by atoms with Gasteiger partial charge >= 0.3 is 0 Å². The molecule has 1 heterocycles. The number of benzene rings is 2. The maximum atomic E-state index is 13.6. The molecule has 1 aliphatic heterocycles. The summed E-state index contributed by atoms with van der Waals surface area (Å²) in [5, 5.41) is 14.5. The van der Waals surface area contributed by atoms with Crippen molar-refractivity contribution in [2.75, 3.05) is 13.7 Å². The van der Waals surface area contributed by atoms with E-state index in [0.29, 0.717) is 24.3 Å². The second-order valence-corrected chi connectivity index (χ2v) is 9.16. The van der Waals surface area contributed by atoms with Crippen LogP contribution in [0.2, 0.25) is 0 Å². The predicted octanol–water partition coefficient (Wildman–Crippen LogP) is 3.71. The Morgan fingerprint density at radius 1 is 1.06 bits per heavy atom. The molecule has 1 aliphatic carbocycles. The number of rotatable bonds is 5. The third-order valence-electron chi connectivity index (χ3n) is 6.94. The van der Waals surface area contributed by atoms with Crippen molar-refractivity contribution in [2.24, 2.45) is 5.92 Å². The van der Waals surface area contributed by atoms with Gasteiger partial charge in [0.2, 0.25) is 5.91 Å². The van der Waals surface area contributed by atoms with Crippen LogP contribution >= 0.6 is 0 Å². The van der Waals surface area contributed by atoms with Crippen molar-refractivity contribution in [1.29, 1.82) is 0 Å². The van der Waals surface area contributed by atoms with Crippen LogP contribution in [0.3, 0.4) is 0 Å². The van der Waals surface area contributed by atoms with Crippen LogP contribution in [0.15, 0.2) is 54.6 Å². The van der Waals surface area contributed by atoms with Gasteiger partial charge in [-0.1, -0.05) is 43.2 Å². The first kappa shape index (κ1) is 22.3. The smallest absolute Gasteiger partial charge is 0.254 e. The number of amides is 2. The minimum atomic E-state index is -1.13. The topological polar surface area (TPSA) is 78.9 Å². The van der Waals surface area contributed by atoms with Crippen LogP contribution in [0.1, 0.15) is 61.0 Å². The normalized spacial score (nSPS) is 26.0. The first-order chi connectivity index (χ1) is 15.4. The Bertz CT molecular complexity index is 936. The first-order valence-electron chi connectivity index (χ1n) is 11.4. The molecule has 0 aromatic heterocycles. The minimum absolute atomic E-state index is 0.0186. The summed E-state index contributed by atoms with van der Waals surface area (Å²) >= 11 is 0. The van der Waals surface area contributed by atoms with Crippen LogP contribution in [0.5, 0.6) is 5.75 Å². The first-order valence-corrected chi connectivity index (χ1v) is 11.4. The van der Waals surface area contributed by atoms with Gasteiger partial charge in [-0.05, 0) is 56.0 Å². The van der Waals surface area contributed by atoms with Gasteiger partial charge in [-0.2, -0.15) is 0 Å². The molecule has 2 N–H and O–H groups in total. The number of nitrogens with one attached hydrogen (secondary N) is 1. The van der Waals surface area contributed by atoms with Gasteiger partial charge in [0.25, 0.3) is 5.91 Å². The number of likely N-dealkylation sites (tertiary alicyclic amines) is 1. The molecule has 2 aliphatic rings. The lowest BCUT2D eigenvalue weighted by Gasteiger charge is -2.49. The van der Waals surface area contributed by atoms with Crippen molar-refractivity contribution < 1.29 is 19.4 Å². The average Bonchev–Trinajstić information content (AvgIpc) is 3.35. The van der Waals surface area contributed by atoms with Crippen LogP contribution < -0.4 is 10.1 Å². The third kappa shape index (κ3) is 4.51. The maximum Gasteiger partial charge on any atom is 0.254 e. The van der Waals surface area contributed by atoms with E-state index in [9.17, 15) is 14.7 Å². The summed E-state index contributed by atoms with van der Waals surface area (Å²) in [6, 6.07) is 15.6. The van der Waals surface area contributed by atoms with Gasteiger partial charge in [0.15, 0.2) is 0 Å². The highest BCUT2D eigenvalue weighted by molar-refractivity contribution is 5.95. The molecule has 3 atom stereocenters. The monoisotopic (exact) mass is 436 g/mol. The number of aliphatic hydroxyl groups is 1. The van der Waals surface area contributed by atoms with Gasteiger partial charge < -0.3 is 20.1 Å². The molecular formula is C26H32N2O4. The second kappa shape index (κ2) is 9.33. The highest BCUT2D eigenvalue weighted by Gasteiger charge is 2.48. The van der Waals surface area contributed by atoms with Gasteiger partial charge in [0.05, 0.1) is 24.8 Å². The van der Waals surface area contributed by atoms with E-state index < -0.39 is 17.7 Å². The molecule has 1 saturated carbocycles. The van der Waals surface area contributed by atoms with Gasteiger partial charge in [-0.15, -0.1) is 0 Å². The standard InChI is InChI=1S/C26H32N2O4/c1-26(31)16-17-28(25(30)20-12-14-21(32-2)15-13-20)22(18-8-4-3-5-9-18)23(26)27-24(29)19-10-6-7-11-19/h3-5,8-9,12-15,19,22-23,31H,6-7,10-11,16-17H2,1-2H3,(H,27,29)/t22-,23-,26+/m0/s1. The Balaban J connectivity index is 1.68. The lowest BCUT2D eigenvalue weighted by molar-refractivity contribution is -0.131. The fourth-order valence-electron chi connectivity index (χ4n) is 5.00. The number of carbonyl (C=O) groups excluding carboxylic acids is 2. The molecule has 6 nitrogen and oxygen atoms in total. The number of nitrogens with zero attached hydrogens (tertiary/aromatic N) is 1. The van der Waals surface area contributed by atoms with Crippen molar-refractivity contribution in [3.05, 3.63) is 65.7 Å². The fourth-order valence-corrected chi connectivity index (χ4v) is 5.00. The molecule has 6 heteroatoms. The van der Waals surface area contributed by atoms with Gasteiger partial charge in [0.1, 0.15) is 5.75 Å². The molecule has 170 valence electrons. The molecular weight excluding hydrogens is 404 g/mol. The highest BCUT2D eigenvalue weighted by atomic mass is 16.5. The summed E-state index contributed by atoms with van der Waals surface area (Å²) in [5.41, 5.74) is 0.311. The van der Waals surface area contributed by atoms with Gasteiger partial charge in [-0.3, -0.25) is 9.59 Å². The molecule has 2 amide bonds. The van der Waals surface area contributed by atoms with Gasteiger partial charge in [-0.25, -0.2) is 0 Å². The third-order valence-corrected chi connectivity index (χ3v) is 6.94. The average molecular weight is 437 g/mol. The number of hydrogen-bond acceptors (Lipinski definition) is 4. The van der Waals surface area contributed by atoms with Crippen molar-refractivity contribution in [1.82, 2.24) is 10.2 Å². The number of hydrogen-bond donors (Lipinski definition) is 2. The molecule has 0 unspecified atom stereocenters. The summed E-state index contributed by atoms with van der Waals surface area (Å²) in [6.45, 7) is 2.16. The predicted molar refractivity (Wildman–Crippen MR) is 122 cm³/mol. The molecule has 2 fully saturated rings. The molecule has 2 aromatic carbocycles. The number of methoxy groups -OCH3 is 1.